The normalized spacial score (nSPS) is 14.1. The molecule has 2 aromatic rings. The zero-order valence-electron chi connectivity index (χ0n) is 13.4. The highest BCUT2D eigenvalue weighted by Crippen LogP contribution is 2.28. The van der Waals surface area contributed by atoms with Gasteiger partial charge in [0.25, 0.3) is 0 Å². The van der Waals surface area contributed by atoms with E-state index < -0.39 is 6.09 Å². The van der Waals surface area contributed by atoms with Crippen LogP contribution in [-0.2, 0) is 9.47 Å². The molecule has 1 aliphatic heterocycles. The van der Waals surface area contributed by atoms with Crippen LogP contribution in [0.2, 0.25) is 0 Å². The van der Waals surface area contributed by atoms with Crippen molar-refractivity contribution in [3.63, 3.8) is 0 Å². The number of aromatic nitrogens is 2. The number of nitrogens with one attached hydrogen (secondary N) is 2. The van der Waals surface area contributed by atoms with E-state index in [-0.39, 0.29) is 0 Å². The van der Waals surface area contributed by atoms with E-state index >= 15 is 0 Å². The fourth-order valence-electron chi connectivity index (χ4n) is 2.42. The summed E-state index contributed by atoms with van der Waals surface area (Å²) in [6.45, 7) is 3.16. The van der Waals surface area contributed by atoms with E-state index in [1.165, 1.54) is 7.11 Å². The average molecular weight is 329 g/mol. The Morgan fingerprint density at radius 3 is 2.54 bits per heavy atom. The number of carbonyl (C=O) groups excluding carboxylic acids is 1. The molecule has 8 heteroatoms. The molecule has 3 rings (SSSR count). The number of nitrogens with zero attached hydrogens (tertiary/aromatic N) is 3. The van der Waals surface area contributed by atoms with Gasteiger partial charge in [-0.1, -0.05) is 12.1 Å². The molecular weight excluding hydrogens is 310 g/mol. The van der Waals surface area contributed by atoms with Crippen LogP contribution in [-0.4, -0.2) is 49.7 Å². The molecule has 0 spiro atoms. The third kappa shape index (κ3) is 3.90. The average Bonchev–Trinajstić information content (AvgIpc) is 2.64. The van der Waals surface area contributed by atoms with Crippen molar-refractivity contribution in [2.75, 3.05) is 48.9 Å². The lowest BCUT2D eigenvalue weighted by atomic mass is 10.2. The van der Waals surface area contributed by atoms with Crippen LogP contribution in [0.15, 0.2) is 36.4 Å². The maximum Gasteiger partial charge on any atom is 0.412 e. The lowest BCUT2D eigenvalue weighted by Crippen LogP contribution is -2.36. The largest absolute Gasteiger partial charge is 0.453 e. The van der Waals surface area contributed by atoms with E-state index in [1.807, 2.05) is 18.2 Å². The van der Waals surface area contributed by atoms with Gasteiger partial charge in [0.2, 0.25) is 0 Å². The fraction of sp³-hybridized carbons (Fsp3) is 0.312. The Balaban J connectivity index is 1.72. The summed E-state index contributed by atoms with van der Waals surface area (Å²) >= 11 is 0. The van der Waals surface area contributed by atoms with Crippen molar-refractivity contribution in [3.05, 3.63) is 36.4 Å². The number of anilines is 4. The Hall–Kier alpha value is -2.87. The monoisotopic (exact) mass is 329 g/mol. The Kier molecular flexibility index (Phi) is 5.07. The van der Waals surface area contributed by atoms with Crippen molar-refractivity contribution in [2.24, 2.45) is 0 Å². The third-order valence-corrected chi connectivity index (χ3v) is 3.60. The van der Waals surface area contributed by atoms with Crippen LogP contribution >= 0.6 is 0 Å². The van der Waals surface area contributed by atoms with Crippen molar-refractivity contribution in [1.29, 1.82) is 0 Å². The number of morpholine rings is 1. The molecule has 126 valence electrons. The molecule has 1 fully saturated rings. The lowest BCUT2D eigenvalue weighted by Gasteiger charge is -2.30. The summed E-state index contributed by atoms with van der Waals surface area (Å²) in [5.41, 5.74) is 2.04. The van der Waals surface area contributed by atoms with Crippen LogP contribution < -0.4 is 15.5 Å². The number of rotatable bonds is 4. The highest BCUT2D eigenvalue weighted by atomic mass is 16.5. The molecule has 0 aliphatic carbocycles. The number of amides is 1. The molecule has 0 unspecified atom stereocenters. The van der Waals surface area contributed by atoms with E-state index in [4.69, 9.17) is 4.74 Å². The van der Waals surface area contributed by atoms with Gasteiger partial charge in [-0.05, 0) is 24.3 Å². The molecule has 0 radical (unpaired) electrons. The highest BCUT2D eigenvalue weighted by molar-refractivity contribution is 5.83. The van der Waals surface area contributed by atoms with E-state index in [1.54, 1.807) is 12.1 Å². The van der Waals surface area contributed by atoms with Gasteiger partial charge in [0.1, 0.15) is 0 Å². The zero-order valence-corrected chi connectivity index (χ0v) is 13.4. The molecule has 1 saturated heterocycles. The van der Waals surface area contributed by atoms with Crippen LogP contribution in [0.5, 0.6) is 0 Å². The molecule has 1 amide bonds. The van der Waals surface area contributed by atoms with E-state index in [2.05, 4.69) is 36.5 Å². The topological polar surface area (TPSA) is 88.6 Å². The van der Waals surface area contributed by atoms with Crippen LogP contribution in [0.1, 0.15) is 0 Å². The summed E-state index contributed by atoms with van der Waals surface area (Å²) in [7, 11) is 1.29. The maximum atomic E-state index is 11.1. The molecule has 2 N–H and O–H groups in total. The minimum Gasteiger partial charge on any atom is -0.453 e. The lowest BCUT2D eigenvalue weighted by molar-refractivity contribution is 0.123. The Morgan fingerprint density at radius 2 is 1.83 bits per heavy atom. The number of hydrogen-bond donors (Lipinski definition) is 2. The third-order valence-electron chi connectivity index (χ3n) is 3.60. The van der Waals surface area contributed by atoms with Gasteiger partial charge in [0.15, 0.2) is 11.6 Å². The first-order valence-corrected chi connectivity index (χ1v) is 7.64. The maximum absolute atomic E-state index is 11.1. The van der Waals surface area contributed by atoms with Gasteiger partial charge in [-0.15, -0.1) is 10.2 Å². The van der Waals surface area contributed by atoms with Crippen molar-refractivity contribution < 1.29 is 14.3 Å². The molecule has 1 aliphatic rings. The van der Waals surface area contributed by atoms with E-state index in [0.717, 1.165) is 37.7 Å². The number of methoxy groups -OCH3 is 1. The SMILES string of the molecule is COC(=O)Nc1ccc(Nc2ccccc2N2CCOCC2)nn1. The minimum absolute atomic E-state index is 0.328. The summed E-state index contributed by atoms with van der Waals surface area (Å²) in [6.07, 6.45) is -0.581. The van der Waals surface area contributed by atoms with Crippen molar-refractivity contribution >= 4 is 29.1 Å². The van der Waals surface area contributed by atoms with Gasteiger partial charge in [-0.3, -0.25) is 5.32 Å². The van der Waals surface area contributed by atoms with Crippen LogP contribution in [0.3, 0.4) is 0 Å². The summed E-state index contributed by atoms with van der Waals surface area (Å²) in [6, 6.07) is 11.4. The van der Waals surface area contributed by atoms with Gasteiger partial charge in [0.05, 0.1) is 31.7 Å². The van der Waals surface area contributed by atoms with E-state index in [9.17, 15) is 4.79 Å². The van der Waals surface area contributed by atoms with Gasteiger partial charge >= 0.3 is 6.09 Å². The first kappa shape index (κ1) is 16.0. The smallest absolute Gasteiger partial charge is 0.412 e. The van der Waals surface area contributed by atoms with Crippen LogP contribution in [0, 0.1) is 0 Å². The van der Waals surface area contributed by atoms with Crippen LogP contribution in [0.4, 0.5) is 27.8 Å². The molecule has 1 aromatic carbocycles. The number of ether oxygens (including phenoxy) is 2. The molecular formula is C16H19N5O3. The Bertz CT molecular complexity index is 686. The molecule has 0 saturated carbocycles. The highest BCUT2D eigenvalue weighted by Gasteiger charge is 2.14. The standard InChI is InChI=1S/C16H19N5O3/c1-23-16(22)18-15-7-6-14(19-20-15)17-12-4-2-3-5-13(12)21-8-10-24-11-9-21/h2-7H,8-11H2,1H3,(H,17,19)(H,18,20,22). The summed E-state index contributed by atoms with van der Waals surface area (Å²) in [5, 5.41) is 13.7. The summed E-state index contributed by atoms with van der Waals surface area (Å²) in [5.74, 6) is 0.917. The fourth-order valence-corrected chi connectivity index (χ4v) is 2.42. The molecule has 8 nitrogen and oxygen atoms in total. The van der Waals surface area contributed by atoms with Gasteiger partial charge in [0, 0.05) is 13.1 Å². The van der Waals surface area contributed by atoms with Crippen molar-refractivity contribution in [2.45, 2.75) is 0 Å². The summed E-state index contributed by atoms with van der Waals surface area (Å²) in [4.78, 5) is 13.4. The zero-order chi connectivity index (χ0) is 16.8. The molecule has 0 bridgehead atoms. The van der Waals surface area contributed by atoms with Gasteiger partial charge < -0.3 is 19.7 Å². The quantitative estimate of drug-likeness (QED) is 0.889. The van der Waals surface area contributed by atoms with Crippen LogP contribution in [0.25, 0.3) is 0 Å². The number of carbonyl (C=O) groups is 1. The Labute approximate surface area is 139 Å². The summed E-state index contributed by atoms with van der Waals surface area (Å²) < 4.78 is 9.92. The van der Waals surface area contributed by atoms with Gasteiger partial charge in [-0.2, -0.15) is 0 Å². The molecule has 1 aromatic heterocycles. The second-order valence-electron chi connectivity index (χ2n) is 5.16. The molecule has 2 heterocycles. The minimum atomic E-state index is -0.581. The molecule has 0 atom stereocenters. The van der Waals surface area contributed by atoms with E-state index in [0.29, 0.717) is 11.6 Å². The second kappa shape index (κ2) is 7.60. The Morgan fingerprint density at radius 1 is 1.12 bits per heavy atom. The molecule has 24 heavy (non-hydrogen) atoms. The second-order valence-corrected chi connectivity index (χ2v) is 5.16. The number of benzene rings is 1. The first-order chi connectivity index (χ1) is 11.8. The predicted octanol–water partition coefficient (Wildman–Crippen LogP) is 2.24. The number of hydrogen-bond acceptors (Lipinski definition) is 7. The van der Waals surface area contributed by atoms with Gasteiger partial charge in [-0.25, -0.2) is 4.79 Å². The van der Waals surface area contributed by atoms with Crippen molar-refractivity contribution in [1.82, 2.24) is 10.2 Å². The number of para-hydroxylation sites is 2. The predicted molar refractivity (Wildman–Crippen MR) is 90.8 cm³/mol. The first-order valence-electron chi connectivity index (χ1n) is 7.64. The van der Waals surface area contributed by atoms with Crippen molar-refractivity contribution in [3.8, 4) is 0 Å².